The molecule has 0 saturated heterocycles. The first-order valence-electron chi connectivity index (χ1n) is 7.66. The Morgan fingerprint density at radius 1 is 1.17 bits per heavy atom. The van der Waals surface area contributed by atoms with Crippen molar-refractivity contribution in [2.75, 3.05) is 6.54 Å². The van der Waals surface area contributed by atoms with Crippen LogP contribution in [0.25, 0.3) is 0 Å². The van der Waals surface area contributed by atoms with Crippen molar-refractivity contribution in [2.24, 2.45) is 5.92 Å². The lowest BCUT2D eigenvalue weighted by atomic mass is 9.97. The highest BCUT2D eigenvalue weighted by molar-refractivity contribution is 5.31. The summed E-state index contributed by atoms with van der Waals surface area (Å²) in [6.45, 7) is 5.78. The Hall–Kier alpha value is -0.820. The van der Waals surface area contributed by atoms with Gasteiger partial charge < -0.3 is 5.32 Å². The Balaban J connectivity index is 2.03. The van der Waals surface area contributed by atoms with E-state index in [0.717, 1.165) is 5.92 Å². The van der Waals surface area contributed by atoms with Crippen LogP contribution in [0.5, 0.6) is 0 Å². The molecule has 1 heteroatoms. The average molecular weight is 245 g/mol. The lowest BCUT2D eigenvalue weighted by Crippen LogP contribution is -2.27. The smallest absolute Gasteiger partial charge is 0.0323 e. The van der Waals surface area contributed by atoms with Crippen molar-refractivity contribution in [3.05, 3.63) is 35.4 Å². The molecule has 1 N–H and O–H groups in total. The Morgan fingerprint density at radius 2 is 1.94 bits per heavy atom. The molecule has 18 heavy (non-hydrogen) atoms. The van der Waals surface area contributed by atoms with E-state index in [2.05, 4.69) is 43.4 Å². The number of rotatable bonds is 5. The van der Waals surface area contributed by atoms with Crippen LogP contribution in [0.4, 0.5) is 0 Å². The molecule has 1 unspecified atom stereocenters. The lowest BCUT2D eigenvalue weighted by Gasteiger charge is -2.22. The molecule has 1 aliphatic rings. The van der Waals surface area contributed by atoms with Crippen LogP contribution >= 0.6 is 0 Å². The minimum Gasteiger partial charge on any atom is -0.310 e. The van der Waals surface area contributed by atoms with Gasteiger partial charge in [-0.3, -0.25) is 0 Å². The van der Waals surface area contributed by atoms with Gasteiger partial charge in [0.2, 0.25) is 0 Å². The summed E-state index contributed by atoms with van der Waals surface area (Å²) in [6.07, 6.45) is 7.85. The van der Waals surface area contributed by atoms with Gasteiger partial charge in [0.15, 0.2) is 0 Å². The van der Waals surface area contributed by atoms with Crippen LogP contribution in [-0.2, 0) is 6.42 Å². The summed E-state index contributed by atoms with van der Waals surface area (Å²) in [5.74, 6) is 0.834. The minimum atomic E-state index is 0.587. The zero-order valence-corrected chi connectivity index (χ0v) is 11.9. The van der Waals surface area contributed by atoms with Gasteiger partial charge in [-0.15, -0.1) is 0 Å². The van der Waals surface area contributed by atoms with Crippen LogP contribution < -0.4 is 5.32 Å². The topological polar surface area (TPSA) is 12.0 Å². The number of nitrogens with one attached hydrogen (secondary N) is 1. The van der Waals surface area contributed by atoms with Gasteiger partial charge in [0, 0.05) is 6.04 Å². The quantitative estimate of drug-likeness (QED) is 0.754. The van der Waals surface area contributed by atoms with Gasteiger partial charge in [-0.2, -0.15) is 0 Å². The van der Waals surface area contributed by atoms with Gasteiger partial charge in [0.1, 0.15) is 0 Å². The van der Waals surface area contributed by atoms with Crippen molar-refractivity contribution in [1.29, 1.82) is 0 Å². The molecule has 0 heterocycles. The second kappa shape index (κ2) is 6.94. The molecule has 100 valence electrons. The largest absolute Gasteiger partial charge is 0.310 e. The summed E-state index contributed by atoms with van der Waals surface area (Å²) in [6, 6.07) is 9.60. The number of hydrogen-bond acceptors (Lipinski definition) is 1. The van der Waals surface area contributed by atoms with Gasteiger partial charge in [-0.1, -0.05) is 57.4 Å². The van der Waals surface area contributed by atoms with E-state index in [-0.39, 0.29) is 0 Å². The normalized spacial score (nSPS) is 19.6. The molecule has 0 spiro atoms. The molecule has 0 fully saturated rings. The second-order valence-corrected chi connectivity index (χ2v) is 5.59. The third kappa shape index (κ3) is 3.35. The van der Waals surface area contributed by atoms with E-state index in [4.69, 9.17) is 0 Å². The third-order valence-corrected chi connectivity index (χ3v) is 4.43. The maximum Gasteiger partial charge on any atom is 0.0323 e. The molecule has 0 radical (unpaired) electrons. The van der Waals surface area contributed by atoms with Crippen molar-refractivity contribution in [3.8, 4) is 0 Å². The van der Waals surface area contributed by atoms with E-state index in [0.29, 0.717) is 6.04 Å². The molecule has 0 saturated carbocycles. The minimum absolute atomic E-state index is 0.587. The molecule has 1 aromatic carbocycles. The first-order chi connectivity index (χ1) is 8.85. The zero-order chi connectivity index (χ0) is 12.8. The Kier molecular flexibility index (Phi) is 5.25. The lowest BCUT2D eigenvalue weighted by molar-refractivity contribution is 0.398. The fourth-order valence-corrected chi connectivity index (χ4v) is 3.02. The fraction of sp³-hybridized carbons (Fsp3) is 0.647. The Morgan fingerprint density at radius 3 is 2.72 bits per heavy atom. The third-order valence-electron chi connectivity index (χ3n) is 4.43. The predicted octanol–water partition coefficient (Wildman–Crippen LogP) is 4.48. The van der Waals surface area contributed by atoms with E-state index >= 15 is 0 Å². The number of hydrogen-bond donors (Lipinski definition) is 1. The SMILES string of the molecule is CCC(CC)CNC1CCCCc2ccccc21. The molecule has 1 aliphatic carbocycles. The average Bonchev–Trinajstić information content (AvgIpc) is 2.62. The van der Waals surface area contributed by atoms with Crippen molar-refractivity contribution in [3.63, 3.8) is 0 Å². The van der Waals surface area contributed by atoms with Gasteiger partial charge in [0.05, 0.1) is 0 Å². The molecule has 1 aromatic rings. The monoisotopic (exact) mass is 245 g/mol. The summed E-state index contributed by atoms with van der Waals surface area (Å²) in [5.41, 5.74) is 3.12. The summed E-state index contributed by atoms with van der Waals surface area (Å²) in [5, 5.41) is 3.82. The highest BCUT2D eigenvalue weighted by Gasteiger charge is 2.18. The molecule has 1 nitrogen and oxygen atoms in total. The summed E-state index contributed by atoms with van der Waals surface area (Å²) in [4.78, 5) is 0. The summed E-state index contributed by atoms with van der Waals surface area (Å²) < 4.78 is 0. The standard InChI is InChI=1S/C17H27N/c1-3-14(4-2)13-18-17-12-8-6-10-15-9-5-7-11-16(15)17/h5,7,9,11,14,17-18H,3-4,6,8,10,12-13H2,1-2H3. The van der Waals surface area contributed by atoms with Crippen LogP contribution in [0.15, 0.2) is 24.3 Å². The van der Waals surface area contributed by atoms with Crippen molar-refractivity contribution >= 4 is 0 Å². The van der Waals surface area contributed by atoms with Gasteiger partial charge in [-0.05, 0) is 42.9 Å². The van der Waals surface area contributed by atoms with E-state index in [1.54, 1.807) is 11.1 Å². The first kappa shape index (κ1) is 13.6. The molecule has 2 rings (SSSR count). The molecular formula is C17H27N. The van der Waals surface area contributed by atoms with Crippen LogP contribution in [0.2, 0.25) is 0 Å². The molecule has 0 aliphatic heterocycles. The van der Waals surface area contributed by atoms with Gasteiger partial charge in [0.25, 0.3) is 0 Å². The molecule has 0 amide bonds. The molecule has 0 aromatic heterocycles. The van der Waals surface area contributed by atoms with Gasteiger partial charge >= 0.3 is 0 Å². The van der Waals surface area contributed by atoms with E-state index in [1.165, 1.54) is 45.1 Å². The first-order valence-corrected chi connectivity index (χ1v) is 7.66. The maximum absolute atomic E-state index is 3.82. The Bertz CT molecular complexity index is 354. The van der Waals surface area contributed by atoms with Gasteiger partial charge in [-0.25, -0.2) is 0 Å². The van der Waals surface area contributed by atoms with Crippen LogP contribution in [0, 0.1) is 5.92 Å². The summed E-state index contributed by atoms with van der Waals surface area (Å²) >= 11 is 0. The zero-order valence-electron chi connectivity index (χ0n) is 11.9. The van der Waals surface area contributed by atoms with Crippen LogP contribution in [0.1, 0.15) is 63.1 Å². The summed E-state index contributed by atoms with van der Waals surface area (Å²) in [7, 11) is 0. The number of benzene rings is 1. The molecular weight excluding hydrogens is 218 g/mol. The van der Waals surface area contributed by atoms with Crippen molar-refractivity contribution in [1.82, 2.24) is 5.32 Å². The van der Waals surface area contributed by atoms with E-state index < -0.39 is 0 Å². The van der Waals surface area contributed by atoms with E-state index in [9.17, 15) is 0 Å². The van der Waals surface area contributed by atoms with Crippen molar-refractivity contribution in [2.45, 2.75) is 58.4 Å². The number of aryl methyl sites for hydroxylation is 1. The highest BCUT2D eigenvalue weighted by atomic mass is 14.9. The maximum atomic E-state index is 3.82. The van der Waals surface area contributed by atoms with E-state index in [1.807, 2.05) is 0 Å². The molecule has 1 atom stereocenters. The van der Waals surface area contributed by atoms with Crippen molar-refractivity contribution < 1.29 is 0 Å². The van der Waals surface area contributed by atoms with Crippen LogP contribution in [-0.4, -0.2) is 6.54 Å². The Labute approximate surface area is 112 Å². The predicted molar refractivity (Wildman–Crippen MR) is 78.8 cm³/mol. The second-order valence-electron chi connectivity index (χ2n) is 5.59. The number of fused-ring (bicyclic) bond motifs is 1. The molecule has 0 bridgehead atoms. The highest BCUT2D eigenvalue weighted by Crippen LogP contribution is 2.28. The fourth-order valence-electron chi connectivity index (χ4n) is 3.02. The van der Waals surface area contributed by atoms with Crippen LogP contribution in [0.3, 0.4) is 0 Å².